The van der Waals surface area contributed by atoms with Crippen molar-refractivity contribution in [1.29, 1.82) is 0 Å². The first-order chi connectivity index (χ1) is 15.0. The molecule has 0 aromatic heterocycles. The minimum atomic E-state index is -1.21. The Labute approximate surface area is 179 Å². The molecule has 3 aromatic carbocycles. The van der Waals surface area contributed by atoms with Gasteiger partial charge in [0.2, 0.25) is 5.91 Å². The second kappa shape index (κ2) is 8.31. The number of hydrogen-bond acceptors (Lipinski definition) is 4. The van der Waals surface area contributed by atoms with Crippen molar-refractivity contribution in [3.63, 3.8) is 0 Å². The van der Waals surface area contributed by atoms with Gasteiger partial charge in [-0.1, -0.05) is 54.6 Å². The summed E-state index contributed by atoms with van der Waals surface area (Å²) in [6.07, 6.45) is 0. The van der Waals surface area contributed by atoms with E-state index in [4.69, 9.17) is 4.74 Å². The monoisotopic (exact) mass is 415 g/mol. The number of carbonyl (C=O) groups excluding carboxylic acids is 3. The van der Waals surface area contributed by atoms with Gasteiger partial charge < -0.3 is 15.4 Å². The van der Waals surface area contributed by atoms with E-state index in [-0.39, 0.29) is 0 Å². The van der Waals surface area contributed by atoms with Crippen molar-refractivity contribution in [3.05, 3.63) is 90.5 Å². The molecule has 156 valence electrons. The minimum absolute atomic E-state index is 0.392. The van der Waals surface area contributed by atoms with E-state index in [9.17, 15) is 14.4 Å². The minimum Gasteiger partial charge on any atom is -0.457 e. The molecule has 7 heteroatoms. The third kappa shape index (κ3) is 4.25. The molecule has 1 atom stereocenters. The van der Waals surface area contributed by atoms with Crippen molar-refractivity contribution >= 4 is 23.5 Å². The van der Waals surface area contributed by atoms with E-state index in [0.717, 1.165) is 4.90 Å². The molecule has 1 fully saturated rings. The maximum atomic E-state index is 12.9. The van der Waals surface area contributed by atoms with Crippen LogP contribution in [0.1, 0.15) is 12.5 Å². The van der Waals surface area contributed by atoms with Crippen molar-refractivity contribution in [1.82, 2.24) is 10.2 Å². The molecule has 1 aliphatic heterocycles. The first-order valence-electron chi connectivity index (χ1n) is 9.78. The smallest absolute Gasteiger partial charge is 0.325 e. The summed E-state index contributed by atoms with van der Waals surface area (Å²) in [6, 6.07) is 24.5. The van der Waals surface area contributed by atoms with Crippen LogP contribution in [0.5, 0.6) is 11.5 Å². The van der Waals surface area contributed by atoms with E-state index in [0.29, 0.717) is 22.7 Å². The number of para-hydroxylation sites is 1. The molecule has 1 unspecified atom stereocenters. The average Bonchev–Trinajstić information content (AvgIpc) is 2.99. The predicted octanol–water partition coefficient (Wildman–Crippen LogP) is 3.88. The number of amides is 4. The molecule has 31 heavy (non-hydrogen) atoms. The van der Waals surface area contributed by atoms with E-state index < -0.39 is 29.9 Å². The maximum absolute atomic E-state index is 12.9. The molecule has 4 rings (SSSR count). The Bertz CT molecular complexity index is 1120. The van der Waals surface area contributed by atoms with Gasteiger partial charge in [-0.2, -0.15) is 0 Å². The van der Waals surface area contributed by atoms with Crippen LogP contribution in [-0.4, -0.2) is 29.3 Å². The zero-order valence-corrected chi connectivity index (χ0v) is 16.9. The van der Waals surface area contributed by atoms with Crippen molar-refractivity contribution < 1.29 is 19.1 Å². The van der Waals surface area contributed by atoms with Gasteiger partial charge in [0.05, 0.1) is 0 Å². The van der Waals surface area contributed by atoms with E-state index >= 15 is 0 Å². The number of benzene rings is 3. The average molecular weight is 415 g/mol. The topological polar surface area (TPSA) is 87.7 Å². The fraction of sp³-hybridized carbons (Fsp3) is 0.125. The number of imide groups is 1. The molecular formula is C24H21N3O4. The molecular weight excluding hydrogens is 394 g/mol. The molecule has 0 spiro atoms. The summed E-state index contributed by atoms with van der Waals surface area (Å²) >= 11 is 0. The number of carbonyl (C=O) groups is 3. The van der Waals surface area contributed by atoms with Crippen LogP contribution in [-0.2, 0) is 15.1 Å². The summed E-state index contributed by atoms with van der Waals surface area (Å²) in [7, 11) is 0. The highest BCUT2D eigenvalue weighted by molar-refractivity contribution is 6.10. The van der Waals surface area contributed by atoms with Crippen LogP contribution in [0.15, 0.2) is 84.9 Å². The van der Waals surface area contributed by atoms with Gasteiger partial charge in [0.1, 0.15) is 23.6 Å². The number of hydrogen-bond donors (Lipinski definition) is 2. The quantitative estimate of drug-likeness (QED) is 0.598. The van der Waals surface area contributed by atoms with Crippen molar-refractivity contribution in [2.24, 2.45) is 0 Å². The Hall–Kier alpha value is -4.13. The van der Waals surface area contributed by atoms with Gasteiger partial charge in [-0.3, -0.25) is 14.5 Å². The standard InChI is InChI=1S/C24H21N3O4/c1-24(17-9-4-2-5-10-17)22(29)27(23(30)26-24)16-21(28)25-18-11-8-14-20(15-18)31-19-12-6-3-7-13-19/h2-15H,16H2,1H3,(H,25,28)(H,26,30). The third-order valence-corrected chi connectivity index (χ3v) is 5.02. The SMILES string of the molecule is CC1(c2ccccc2)NC(=O)N(CC(=O)Nc2cccc(Oc3ccccc3)c2)C1=O. The van der Waals surface area contributed by atoms with Crippen LogP contribution in [0.25, 0.3) is 0 Å². The third-order valence-electron chi connectivity index (χ3n) is 5.02. The molecule has 1 aliphatic rings. The first kappa shape index (κ1) is 20.2. The van der Waals surface area contributed by atoms with Crippen LogP contribution in [0.4, 0.5) is 10.5 Å². The highest BCUT2D eigenvalue weighted by Gasteiger charge is 2.49. The summed E-state index contributed by atoms with van der Waals surface area (Å²) in [5.74, 6) is 0.263. The summed E-state index contributed by atoms with van der Waals surface area (Å²) in [5, 5.41) is 5.40. The molecule has 1 saturated heterocycles. The molecule has 0 radical (unpaired) electrons. The molecule has 7 nitrogen and oxygen atoms in total. The molecule has 1 heterocycles. The van der Waals surface area contributed by atoms with Crippen LogP contribution in [0.3, 0.4) is 0 Å². The Kier molecular flexibility index (Phi) is 5.41. The Morgan fingerprint density at radius 3 is 2.29 bits per heavy atom. The van der Waals surface area contributed by atoms with Crippen molar-refractivity contribution in [2.75, 3.05) is 11.9 Å². The number of nitrogens with zero attached hydrogens (tertiary/aromatic N) is 1. The van der Waals surface area contributed by atoms with E-state index in [1.165, 1.54) is 0 Å². The summed E-state index contributed by atoms with van der Waals surface area (Å²) in [4.78, 5) is 38.8. The summed E-state index contributed by atoms with van der Waals surface area (Å²) in [5.41, 5.74) is -0.0551. The number of ether oxygens (including phenoxy) is 1. The molecule has 0 aliphatic carbocycles. The summed E-state index contributed by atoms with van der Waals surface area (Å²) in [6.45, 7) is 1.24. The maximum Gasteiger partial charge on any atom is 0.325 e. The van der Waals surface area contributed by atoms with Gasteiger partial charge in [0.25, 0.3) is 5.91 Å². The second-order valence-corrected chi connectivity index (χ2v) is 7.30. The highest BCUT2D eigenvalue weighted by Crippen LogP contribution is 2.29. The van der Waals surface area contributed by atoms with Gasteiger partial charge in [-0.05, 0) is 36.8 Å². The zero-order chi connectivity index (χ0) is 21.8. The van der Waals surface area contributed by atoms with Crippen LogP contribution < -0.4 is 15.4 Å². The Balaban J connectivity index is 1.43. The van der Waals surface area contributed by atoms with E-state index in [2.05, 4.69) is 10.6 Å². The van der Waals surface area contributed by atoms with Gasteiger partial charge in [0.15, 0.2) is 0 Å². The van der Waals surface area contributed by atoms with Crippen LogP contribution in [0, 0.1) is 0 Å². The largest absolute Gasteiger partial charge is 0.457 e. The van der Waals surface area contributed by atoms with E-state index in [1.54, 1.807) is 55.5 Å². The summed E-state index contributed by atoms with van der Waals surface area (Å²) < 4.78 is 5.76. The second-order valence-electron chi connectivity index (χ2n) is 7.30. The Morgan fingerprint density at radius 2 is 1.58 bits per heavy atom. The van der Waals surface area contributed by atoms with Crippen molar-refractivity contribution in [3.8, 4) is 11.5 Å². The van der Waals surface area contributed by atoms with Crippen LogP contribution in [0.2, 0.25) is 0 Å². The van der Waals surface area contributed by atoms with Gasteiger partial charge in [-0.25, -0.2) is 4.79 Å². The fourth-order valence-corrected chi connectivity index (χ4v) is 3.41. The molecule has 0 saturated carbocycles. The lowest BCUT2D eigenvalue weighted by molar-refractivity contribution is -0.133. The van der Waals surface area contributed by atoms with Gasteiger partial charge >= 0.3 is 6.03 Å². The Morgan fingerprint density at radius 1 is 0.935 bits per heavy atom. The molecule has 4 amide bonds. The van der Waals surface area contributed by atoms with E-state index in [1.807, 2.05) is 36.4 Å². The number of nitrogens with one attached hydrogen (secondary N) is 2. The molecule has 3 aromatic rings. The van der Waals surface area contributed by atoms with Crippen LogP contribution >= 0.6 is 0 Å². The lowest BCUT2D eigenvalue weighted by atomic mass is 9.92. The van der Waals surface area contributed by atoms with Gasteiger partial charge in [-0.15, -0.1) is 0 Å². The van der Waals surface area contributed by atoms with Crippen molar-refractivity contribution in [2.45, 2.75) is 12.5 Å². The molecule has 0 bridgehead atoms. The fourth-order valence-electron chi connectivity index (χ4n) is 3.41. The lowest BCUT2D eigenvalue weighted by Gasteiger charge is -2.22. The number of anilines is 1. The first-order valence-corrected chi connectivity index (χ1v) is 9.78. The normalized spacial score (nSPS) is 17.9. The predicted molar refractivity (Wildman–Crippen MR) is 116 cm³/mol. The zero-order valence-electron chi connectivity index (χ0n) is 16.9. The molecule has 2 N–H and O–H groups in total. The number of urea groups is 1. The van der Waals surface area contributed by atoms with Gasteiger partial charge in [0, 0.05) is 11.8 Å². The lowest BCUT2D eigenvalue weighted by Crippen LogP contribution is -2.42. The highest BCUT2D eigenvalue weighted by atomic mass is 16.5. The number of rotatable bonds is 6.